The van der Waals surface area contributed by atoms with Gasteiger partial charge in [-0.3, -0.25) is 14.4 Å². The van der Waals surface area contributed by atoms with Crippen molar-refractivity contribution in [3.63, 3.8) is 0 Å². The van der Waals surface area contributed by atoms with E-state index in [1.54, 1.807) is 12.1 Å². The van der Waals surface area contributed by atoms with Crippen molar-refractivity contribution in [3.05, 3.63) is 80.8 Å². The Hall–Kier alpha value is -2.64. The van der Waals surface area contributed by atoms with Crippen LogP contribution in [0, 0.1) is 5.92 Å². The number of aromatic nitrogens is 1. The molecule has 0 bridgehead atoms. The average Bonchev–Trinajstić information content (AvgIpc) is 3.18. The summed E-state index contributed by atoms with van der Waals surface area (Å²) in [4.78, 5) is 43.3. The van der Waals surface area contributed by atoms with Crippen molar-refractivity contribution in [2.45, 2.75) is 16.2 Å². The van der Waals surface area contributed by atoms with Crippen molar-refractivity contribution in [2.75, 3.05) is 4.90 Å². The van der Waals surface area contributed by atoms with Crippen LogP contribution in [0.2, 0.25) is 0 Å². The highest BCUT2D eigenvalue weighted by Crippen LogP contribution is 2.52. The second-order valence-corrected chi connectivity index (χ2v) is 8.67. The van der Waals surface area contributed by atoms with Gasteiger partial charge in [-0.05, 0) is 17.7 Å². The molecule has 0 unspecified atom stereocenters. The first-order valence-corrected chi connectivity index (χ1v) is 10.2. The van der Waals surface area contributed by atoms with Gasteiger partial charge in [0.2, 0.25) is 11.8 Å². The number of anilines is 1. The molecule has 2 aliphatic rings. The second-order valence-electron chi connectivity index (χ2n) is 6.51. The fourth-order valence-corrected chi connectivity index (χ4v) is 6.38. The Morgan fingerprint density at radius 3 is 2.22 bits per heavy atom. The van der Waals surface area contributed by atoms with Crippen LogP contribution in [0.1, 0.15) is 16.4 Å². The standard InChI is InChI=1S/C20H14N2O3S2/c23-18-14-13(11-7-3-1-4-8-11)15-17(21-20(25)27-15)26-16(14)19(24)22(18)12-9-5-2-6-10-12/h1-10,13-14,16H,(H,21,25)/t13-,14-,16-/m1/s1. The Morgan fingerprint density at radius 2 is 1.52 bits per heavy atom. The molecule has 1 fully saturated rings. The largest absolute Gasteiger partial charge is 0.307 e. The van der Waals surface area contributed by atoms with E-state index in [2.05, 4.69) is 4.98 Å². The summed E-state index contributed by atoms with van der Waals surface area (Å²) in [5, 5.41) is 0.164. The zero-order valence-corrected chi connectivity index (χ0v) is 15.6. The second kappa shape index (κ2) is 6.21. The summed E-state index contributed by atoms with van der Waals surface area (Å²) in [6.07, 6.45) is 0. The summed E-state index contributed by atoms with van der Waals surface area (Å²) >= 11 is 2.43. The molecule has 0 aliphatic carbocycles. The number of rotatable bonds is 2. The van der Waals surface area contributed by atoms with E-state index < -0.39 is 11.2 Å². The van der Waals surface area contributed by atoms with Crippen LogP contribution in [-0.2, 0) is 9.59 Å². The van der Waals surface area contributed by atoms with Crippen molar-refractivity contribution in [3.8, 4) is 0 Å². The molecule has 1 saturated heterocycles. The summed E-state index contributed by atoms with van der Waals surface area (Å²) in [6.45, 7) is 0. The maximum atomic E-state index is 13.4. The van der Waals surface area contributed by atoms with E-state index in [-0.39, 0.29) is 22.6 Å². The summed E-state index contributed by atoms with van der Waals surface area (Å²) in [7, 11) is 0. The zero-order chi connectivity index (χ0) is 18.5. The Balaban J connectivity index is 1.67. The van der Waals surface area contributed by atoms with Gasteiger partial charge in [0.15, 0.2) is 0 Å². The number of benzene rings is 2. The molecule has 5 nitrogen and oxygen atoms in total. The molecule has 0 spiro atoms. The highest BCUT2D eigenvalue weighted by atomic mass is 32.2. The van der Waals surface area contributed by atoms with Crippen LogP contribution in [-0.4, -0.2) is 22.0 Å². The first kappa shape index (κ1) is 16.5. The number of para-hydroxylation sites is 1. The lowest BCUT2D eigenvalue weighted by Gasteiger charge is -2.29. The van der Waals surface area contributed by atoms with Crippen LogP contribution >= 0.6 is 23.1 Å². The predicted octanol–water partition coefficient (Wildman–Crippen LogP) is 3.23. The highest BCUT2D eigenvalue weighted by molar-refractivity contribution is 8.00. The van der Waals surface area contributed by atoms with E-state index in [1.807, 2.05) is 48.5 Å². The fourth-order valence-electron chi connectivity index (χ4n) is 3.87. The summed E-state index contributed by atoms with van der Waals surface area (Å²) in [5.41, 5.74) is 1.53. The molecular formula is C20H14N2O3S2. The number of nitrogens with one attached hydrogen (secondary N) is 1. The number of amides is 2. The summed E-state index contributed by atoms with van der Waals surface area (Å²) in [5.74, 6) is -1.26. The predicted molar refractivity (Wildman–Crippen MR) is 105 cm³/mol. The number of aromatic amines is 1. The molecule has 2 amide bonds. The lowest BCUT2D eigenvalue weighted by Crippen LogP contribution is -2.32. The van der Waals surface area contributed by atoms with Crippen LogP contribution in [0.3, 0.4) is 0 Å². The van der Waals surface area contributed by atoms with Gasteiger partial charge in [-0.15, -0.1) is 0 Å². The van der Waals surface area contributed by atoms with Gasteiger partial charge in [-0.2, -0.15) is 0 Å². The fraction of sp³-hybridized carbons (Fsp3) is 0.150. The van der Waals surface area contributed by atoms with E-state index in [4.69, 9.17) is 0 Å². The zero-order valence-electron chi connectivity index (χ0n) is 14.0. The van der Waals surface area contributed by atoms with Crippen LogP contribution in [0.4, 0.5) is 5.69 Å². The minimum Gasteiger partial charge on any atom is -0.307 e. The molecule has 1 aromatic heterocycles. The van der Waals surface area contributed by atoms with Gasteiger partial charge >= 0.3 is 4.87 Å². The Labute approximate surface area is 163 Å². The van der Waals surface area contributed by atoms with E-state index >= 15 is 0 Å². The number of imide groups is 1. The molecule has 3 aromatic rings. The average molecular weight is 394 g/mol. The Morgan fingerprint density at radius 1 is 0.852 bits per heavy atom. The van der Waals surface area contributed by atoms with E-state index in [1.165, 1.54) is 16.7 Å². The topological polar surface area (TPSA) is 70.2 Å². The molecule has 0 radical (unpaired) electrons. The van der Waals surface area contributed by atoms with Crippen LogP contribution in [0.15, 0.2) is 70.5 Å². The molecular weight excluding hydrogens is 380 g/mol. The number of fused-ring (bicyclic) bond motifs is 2. The van der Waals surface area contributed by atoms with Crippen molar-refractivity contribution in [1.29, 1.82) is 0 Å². The smallest absolute Gasteiger partial charge is 0.305 e. The lowest BCUT2D eigenvalue weighted by molar-refractivity contribution is -0.122. The number of hydrogen-bond acceptors (Lipinski definition) is 5. The van der Waals surface area contributed by atoms with Gasteiger partial charge in [0, 0.05) is 10.8 Å². The number of carbonyl (C=O) groups is 2. The maximum Gasteiger partial charge on any atom is 0.305 e. The van der Waals surface area contributed by atoms with Crippen molar-refractivity contribution in [1.82, 2.24) is 4.98 Å². The number of carbonyl (C=O) groups excluding carboxylic acids is 2. The number of thioether (sulfide) groups is 1. The summed E-state index contributed by atoms with van der Waals surface area (Å²) in [6, 6.07) is 18.7. The van der Waals surface area contributed by atoms with Crippen molar-refractivity contribution >= 4 is 40.6 Å². The molecule has 7 heteroatoms. The molecule has 2 aliphatic heterocycles. The molecule has 1 N–H and O–H groups in total. The molecule has 0 saturated carbocycles. The minimum absolute atomic E-state index is 0.159. The Bertz CT molecular complexity index is 1090. The first-order chi connectivity index (χ1) is 13.1. The number of thiazole rings is 1. The van der Waals surface area contributed by atoms with E-state index in [0.717, 1.165) is 21.8 Å². The van der Waals surface area contributed by atoms with Crippen LogP contribution < -0.4 is 9.77 Å². The minimum atomic E-state index is -0.541. The van der Waals surface area contributed by atoms with Crippen LogP contribution in [0.5, 0.6) is 0 Å². The SMILES string of the molecule is O=C1[C@@H]2[C@@H](c3ccccc3)c3sc(=O)[nH]c3S[C@H]2C(=O)N1c1ccccc1. The van der Waals surface area contributed by atoms with Gasteiger partial charge in [0.25, 0.3) is 0 Å². The highest BCUT2D eigenvalue weighted by Gasteiger charge is 2.56. The normalized spacial score (nSPS) is 24.0. The maximum absolute atomic E-state index is 13.4. The van der Waals surface area contributed by atoms with Gasteiger partial charge in [-0.1, -0.05) is 71.6 Å². The lowest BCUT2D eigenvalue weighted by atomic mass is 9.83. The Kier molecular flexibility index (Phi) is 3.80. The number of hydrogen-bond donors (Lipinski definition) is 1. The summed E-state index contributed by atoms with van der Waals surface area (Å²) < 4.78 is 0. The third kappa shape index (κ3) is 2.49. The first-order valence-electron chi connectivity index (χ1n) is 8.52. The third-order valence-electron chi connectivity index (χ3n) is 5.00. The molecule has 5 rings (SSSR count). The molecule has 134 valence electrons. The van der Waals surface area contributed by atoms with E-state index in [9.17, 15) is 14.4 Å². The van der Waals surface area contributed by atoms with Crippen molar-refractivity contribution in [2.24, 2.45) is 5.92 Å². The number of H-pyrrole nitrogens is 1. The molecule has 27 heavy (non-hydrogen) atoms. The van der Waals surface area contributed by atoms with E-state index in [0.29, 0.717) is 10.7 Å². The van der Waals surface area contributed by atoms with Gasteiger partial charge in [0.1, 0.15) is 5.25 Å². The number of nitrogens with zero attached hydrogens (tertiary/aromatic N) is 1. The molecule has 3 heterocycles. The van der Waals surface area contributed by atoms with Crippen LogP contribution in [0.25, 0.3) is 0 Å². The third-order valence-corrected chi connectivity index (χ3v) is 7.40. The molecule has 2 aromatic carbocycles. The van der Waals surface area contributed by atoms with Gasteiger partial charge < -0.3 is 4.98 Å². The van der Waals surface area contributed by atoms with Crippen molar-refractivity contribution < 1.29 is 9.59 Å². The quantitative estimate of drug-likeness (QED) is 0.678. The monoisotopic (exact) mass is 394 g/mol. The molecule has 3 atom stereocenters. The van der Waals surface area contributed by atoms with Gasteiger partial charge in [-0.25, -0.2) is 4.90 Å². The van der Waals surface area contributed by atoms with Gasteiger partial charge in [0.05, 0.1) is 16.6 Å².